The third-order valence-corrected chi connectivity index (χ3v) is 3.09. The molecule has 2 amide bonds. The van der Waals surface area contributed by atoms with Crippen LogP contribution in [0.15, 0.2) is 18.2 Å². The van der Waals surface area contributed by atoms with E-state index in [9.17, 15) is 9.59 Å². The predicted molar refractivity (Wildman–Crippen MR) is 72.2 cm³/mol. The lowest BCUT2D eigenvalue weighted by atomic mass is 10.1. The second kappa shape index (κ2) is 6.04. The Morgan fingerprint density at radius 2 is 2.37 bits per heavy atom. The number of amides is 2. The zero-order valence-electron chi connectivity index (χ0n) is 10.5. The number of nitrogens with one attached hydrogen (secondary N) is 2. The fourth-order valence-electron chi connectivity index (χ4n) is 1.82. The fourth-order valence-corrected chi connectivity index (χ4v) is 1.99. The van der Waals surface area contributed by atoms with Gasteiger partial charge in [-0.15, -0.1) is 0 Å². The van der Waals surface area contributed by atoms with E-state index in [1.807, 2.05) is 13.0 Å². The van der Waals surface area contributed by atoms with Crippen LogP contribution in [0.5, 0.6) is 0 Å². The van der Waals surface area contributed by atoms with Gasteiger partial charge < -0.3 is 15.4 Å². The number of anilines is 1. The maximum absolute atomic E-state index is 11.9. The van der Waals surface area contributed by atoms with Crippen molar-refractivity contribution in [2.75, 3.05) is 18.5 Å². The first kappa shape index (κ1) is 13.8. The van der Waals surface area contributed by atoms with E-state index in [-0.39, 0.29) is 18.2 Å². The summed E-state index contributed by atoms with van der Waals surface area (Å²) in [6.07, 6.45) is -0.717. The fraction of sp³-hybridized carbons (Fsp3) is 0.385. The Hall–Kier alpha value is -1.59. The number of carbonyl (C=O) groups excluding carboxylic acids is 2. The Morgan fingerprint density at radius 3 is 3.11 bits per heavy atom. The normalized spacial score (nSPS) is 18.8. The van der Waals surface area contributed by atoms with Crippen molar-refractivity contribution in [1.29, 1.82) is 0 Å². The molecule has 0 spiro atoms. The van der Waals surface area contributed by atoms with Gasteiger partial charge in [-0.2, -0.15) is 0 Å². The topological polar surface area (TPSA) is 67.4 Å². The van der Waals surface area contributed by atoms with E-state index < -0.39 is 6.10 Å². The molecule has 102 valence electrons. The minimum Gasteiger partial charge on any atom is -0.366 e. The molecule has 19 heavy (non-hydrogen) atoms. The highest BCUT2D eigenvalue weighted by atomic mass is 35.5. The molecule has 0 bridgehead atoms. The van der Waals surface area contributed by atoms with Crippen molar-refractivity contribution in [3.63, 3.8) is 0 Å². The molecule has 6 heteroatoms. The first-order valence-corrected chi connectivity index (χ1v) is 6.39. The van der Waals surface area contributed by atoms with Crippen LogP contribution in [-0.2, 0) is 14.3 Å². The van der Waals surface area contributed by atoms with Gasteiger partial charge >= 0.3 is 0 Å². The molecule has 1 aliphatic rings. The Morgan fingerprint density at radius 1 is 1.58 bits per heavy atom. The zero-order chi connectivity index (χ0) is 13.8. The van der Waals surface area contributed by atoms with Crippen LogP contribution in [0.2, 0.25) is 5.02 Å². The first-order chi connectivity index (χ1) is 9.06. The highest BCUT2D eigenvalue weighted by Gasteiger charge is 2.25. The van der Waals surface area contributed by atoms with Gasteiger partial charge in [0.25, 0.3) is 0 Å². The van der Waals surface area contributed by atoms with Crippen LogP contribution >= 0.6 is 11.6 Å². The van der Waals surface area contributed by atoms with Crippen molar-refractivity contribution in [3.8, 4) is 0 Å². The average molecular weight is 283 g/mol. The monoisotopic (exact) mass is 282 g/mol. The Bertz CT molecular complexity index is 505. The van der Waals surface area contributed by atoms with Crippen molar-refractivity contribution in [3.05, 3.63) is 28.8 Å². The molecule has 1 fully saturated rings. The molecule has 0 aromatic heterocycles. The van der Waals surface area contributed by atoms with E-state index in [0.29, 0.717) is 23.9 Å². The minimum atomic E-state index is -0.715. The van der Waals surface area contributed by atoms with Crippen LogP contribution in [0.3, 0.4) is 0 Å². The number of hydrogen-bond acceptors (Lipinski definition) is 3. The van der Waals surface area contributed by atoms with Crippen LogP contribution in [-0.4, -0.2) is 31.1 Å². The smallest absolute Gasteiger partial charge is 0.249 e. The molecule has 2 rings (SSSR count). The van der Waals surface area contributed by atoms with E-state index in [1.54, 1.807) is 12.1 Å². The Labute approximate surface area is 116 Å². The molecule has 1 unspecified atom stereocenters. The molecular formula is C13H15ClN2O3. The SMILES string of the molecule is Cc1ccc(Cl)cc1NC(=O)CC1OCCNC1=O. The molecule has 1 heterocycles. The number of aryl methyl sites for hydroxylation is 1. The van der Waals surface area contributed by atoms with E-state index >= 15 is 0 Å². The molecule has 0 aliphatic carbocycles. The van der Waals surface area contributed by atoms with Crippen molar-refractivity contribution in [2.45, 2.75) is 19.4 Å². The summed E-state index contributed by atoms with van der Waals surface area (Å²) in [5, 5.41) is 5.94. The lowest BCUT2D eigenvalue weighted by Crippen LogP contribution is -2.45. The molecule has 1 atom stereocenters. The van der Waals surface area contributed by atoms with E-state index in [4.69, 9.17) is 16.3 Å². The van der Waals surface area contributed by atoms with Gasteiger partial charge in [0, 0.05) is 17.3 Å². The summed E-state index contributed by atoms with van der Waals surface area (Å²) in [6.45, 7) is 2.79. The van der Waals surface area contributed by atoms with Gasteiger partial charge in [0.1, 0.15) is 6.10 Å². The summed E-state index contributed by atoms with van der Waals surface area (Å²) in [7, 11) is 0. The molecule has 1 aliphatic heterocycles. The van der Waals surface area contributed by atoms with Gasteiger partial charge in [-0.1, -0.05) is 17.7 Å². The molecule has 1 saturated heterocycles. The Kier molecular flexibility index (Phi) is 4.39. The molecule has 1 aromatic rings. The number of hydrogen-bond donors (Lipinski definition) is 2. The van der Waals surface area contributed by atoms with Gasteiger partial charge in [0.15, 0.2) is 0 Å². The third kappa shape index (κ3) is 3.68. The van der Waals surface area contributed by atoms with E-state index in [2.05, 4.69) is 10.6 Å². The summed E-state index contributed by atoms with van der Waals surface area (Å²) in [6, 6.07) is 5.25. The predicted octanol–water partition coefficient (Wildman–Crippen LogP) is 1.49. The quantitative estimate of drug-likeness (QED) is 0.883. The maximum atomic E-state index is 11.9. The highest BCUT2D eigenvalue weighted by molar-refractivity contribution is 6.31. The third-order valence-electron chi connectivity index (χ3n) is 2.86. The standard InChI is InChI=1S/C13H15ClN2O3/c1-8-2-3-9(14)6-10(8)16-12(17)7-11-13(18)15-4-5-19-11/h2-3,6,11H,4-5,7H2,1H3,(H,15,18)(H,16,17). The summed E-state index contributed by atoms with van der Waals surface area (Å²) in [4.78, 5) is 23.3. The van der Waals surface area contributed by atoms with Crippen molar-refractivity contribution >= 4 is 29.1 Å². The van der Waals surface area contributed by atoms with Crippen LogP contribution in [0.1, 0.15) is 12.0 Å². The number of carbonyl (C=O) groups is 2. The lowest BCUT2D eigenvalue weighted by molar-refractivity contribution is -0.141. The number of halogens is 1. The molecule has 0 saturated carbocycles. The molecule has 2 N–H and O–H groups in total. The minimum absolute atomic E-state index is 0.00220. The second-order valence-corrected chi connectivity index (χ2v) is 4.80. The molecule has 5 nitrogen and oxygen atoms in total. The number of benzene rings is 1. The highest BCUT2D eigenvalue weighted by Crippen LogP contribution is 2.20. The number of rotatable bonds is 3. The van der Waals surface area contributed by atoms with Gasteiger partial charge in [-0.05, 0) is 24.6 Å². The van der Waals surface area contributed by atoms with Gasteiger partial charge in [-0.3, -0.25) is 9.59 Å². The van der Waals surface area contributed by atoms with Crippen molar-refractivity contribution in [1.82, 2.24) is 5.32 Å². The largest absolute Gasteiger partial charge is 0.366 e. The summed E-state index contributed by atoms with van der Waals surface area (Å²) in [5.41, 5.74) is 1.56. The summed E-state index contributed by atoms with van der Waals surface area (Å²) in [5.74, 6) is -0.517. The van der Waals surface area contributed by atoms with Crippen molar-refractivity contribution in [2.24, 2.45) is 0 Å². The van der Waals surface area contributed by atoms with Gasteiger partial charge in [-0.25, -0.2) is 0 Å². The Balaban J connectivity index is 1.97. The van der Waals surface area contributed by atoms with Crippen LogP contribution in [0.25, 0.3) is 0 Å². The van der Waals surface area contributed by atoms with E-state index in [1.165, 1.54) is 0 Å². The second-order valence-electron chi connectivity index (χ2n) is 4.36. The lowest BCUT2D eigenvalue weighted by Gasteiger charge is -2.22. The summed E-state index contributed by atoms with van der Waals surface area (Å²) < 4.78 is 5.25. The molecular weight excluding hydrogens is 268 g/mol. The van der Waals surface area contributed by atoms with E-state index in [0.717, 1.165) is 5.56 Å². The molecule has 1 aromatic carbocycles. The average Bonchev–Trinajstić information content (AvgIpc) is 2.37. The zero-order valence-corrected chi connectivity index (χ0v) is 11.3. The summed E-state index contributed by atoms with van der Waals surface area (Å²) >= 11 is 5.88. The van der Waals surface area contributed by atoms with Crippen LogP contribution in [0.4, 0.5) is 5.69 Å². The first-order valence-electron chi connectivity index (χ1n) is 6.01. The van der Waals surface area contributed by atoms with Gasteiger partial charge in [0.2, 0.25) is 11.8 Å². The number of ether oxygens (including phenoxy) is 1. The van der Waals surface area contributed by atoms with Crippen LogP contribution < -0.4 is 10.6 Å². The van der Waals surface area contributed by atoms with Crippen LogP contribution in [0, 0.1) is 6.92 Å². The van der Waals surface area contributed by atoms with Gasteiger partial charge in [0.05, 0.1) is 13.0 Å². The molecule has 0 radical (unpaired) electrons. The van der Waals surface area contributed by atoms with Crippen molar-refractivity contribution < 1.29 is 14.3 Å². The maximum Gasteiger partial charge on any atom is 0.249 e. The number of morpholine rings is 1.